The SMILES string of the molecule is N#C[C@@H](C(=S)S)c1ncc(C(F)(F)F)cc1Cl. The highest BCUT2D eigenvalue weighted by Gasteiger charge is 2.32. The van der Waals surface area contributed by atoms with Crippen molar-refractivity contribution in [2.24, 2.45) is 0 Å². The van der Waals surface area contributed by atoms with Gasteiger partial charge >= 0.3 is 6.18 Å². The second kappa shape index (κ2) is 5.21. The van der Waals surface area contributed by atoms with E-state index >= 15 is 0 Å². The maximum atomic E-state index is 12.3. The van der Waals surface area contributed by atoms with Gasteiger partial charge in [0.05, 0.1) is 26.5 Å². The van der Waals surface area contributed by atoms with E-state index in [-0.39, 0.29) is 14.9 Å². The van der Waals surface area contributed by atoms with Gasteiger partial charge in [-0.3, -0.25) is 4.98 Å². The molecular weight excluding hydrogens is 293 g/mol. The van der Waals surface area contributed by atoms with E-state index in [1.165, 1.54) is 0 Å². The molecule has 1 aromatic rings. The number of thiocarbonyl (C=S) groups is 1. The molecule has 0 aliphatic carbocycles. The van der Waals surface area contributed by atoms with Gasteiger partial charge in [0.15, 0.2) is 0 Å². The van der Waals surface area contributed by atoms with Crippen molar-refractivity contribution in [3.8, 4) is 6.07 Å². The van der Waals surface area contributed by atoms with Crippen LogP contribution < -0.4 is 0 Å². The molecule has 1 atom stereocenters. The number of alkyl halides is 3. The zero-order valence-electron chi connectivity index (χ0n) is 7.99. The molecule has 0 saturated heterocycles. The Morgan fingerprint density at radius 3 is 2.53 bits per heavy atom. The smallest absolute Gasteiger partial charge is 0.257 e. The molecule has 0 spiro atoms. The molecule has 90 valence electrons. The predicted octanol–water partition coefficient (Wildman–Crippen LogP) is 3.62. The zero-order chi connectivity index (χ0) is 13.2. The number of nitrogens with zero attached hydrogens (tertiary/aromatic N) is 2. The molecule has 1 aromatic heterocycles. The molecule has 0 aliphatic rings. The Balaban J connectivity index is 3.24. The third kappa shape index (κ3) is 3.31. The number of halogens is 4. The Bertz CT molecular complexity index is 496. The van der Waals surface area contributed by atoms with Gasteiger partial charge in [0, 0.05) is 6.20 Å². The van der Waals surface area contributed by atoms with Crippen LogP contribution in [-0.4, -0.2) is 9.18 Å². The maximum absolute atomic E-state index is 12.3. The van der Waals surface area contributed by atoms with Crippen molar-refractivity contribution in [3.63, 3.8) is 0 Å². The van der Waals surface area contributed by atoms with E-state index in [4.69, 9.17) is 16.9 Å². The molecule has 0 aliphatic heterocycles. The minimum Gasteiger partial charge on any atom is -0.257 e. The van der Waals surface area contributed by atoms with Gasteiger partial charge in [-0.05, 0) is 6.07 Å². The van der Waals surface area contributed by atoms with Crippen LogP contribution in [0.1, 0.15) is 17.2 Å². The normalized spacial score (nSPS) is 12.9. The zero-order valence-corrected chi connectivity index (χ0v) is 10.5. The van der Waals surface area contributed by atoms with Crippen LogP contribution in [0, 0.1) is 11.3 Å². The third-order valence-electron chi connectivity index (χ3n) is 1.85. The number of hydrogen-bond acceptors (Lipinski definition) is 3. The molecule has 0 fully saturated rings. The summed E-state index contributed by atoms with van der Waals surface area (Å²) in [4.78, 5) is 3.53. The first-order valence-corrected chi connectivity index (χ1v) is 5.35. The Labute approximate surface area is 111 Å². The van der Waals surface area contributed by atoms with Crippen molar-refractivity contribution < 1.29 is 13.2 Å². The molecule has 8 heteroatoms. The summed E-state index contributed by atoms with van der Waals surface area (Å²) in [5.74, 6) is -1.01. The number of aromatic nitrogens is 1. The molecule has 0 radical (unpaired) electrons. The first-order chi connectivity index (χ1) is 7.77. The number of hydrogen-bond donors (Lipinski definition) is 1. The Morgan fingerprint density at radius 2 is 2.18 bits per heavy atom. The molecule has 0 saturated carbocycles. The minimum absolute atomic E-state index is 0.00154. The molecule has 2 nitrogen and oxygen atoms in total. The summed E-state index contributed by atoms with van der Waals surface area (Å²) in [6, 6.07) is 2.48. The molecule has 0 bridgehead atoms. The lowest BCUT2D eigenvalue weighted by Gasteiger charge is -2.11. The molecule has 1 rings (SSSR count). The highest BCUT2D eigenvalue weighted by molar-refractivity contribution is 8.11. The fourth-order valence-corrected chi connectivity index (χ4v) is 1.67. The number of nitriles is 1. The van der Waals surface area contributed by atoms with Crippen molar-refractivity contribution in [2.45, 2.75) is 12.1 Å². The lowest BCUT2D eigenvalue weighted by Crippen LogP contribution is -2.10. The highest BCUT2D eigenvalue weighted by Crippen LogP contribution is 2.33. The van der Waals surface area contributed by atoms with Gasteiger partial charge in [0.2, 0.25) is 0 Å². The van der Waals surface area contributed by atoms with Gasteiger partial charge in [-0.2, -0.15) is 18.4 Å². The van der Waals surface area contributed by atoms with E-state index in [1.807, 2.05) is 0 Å². The van der Waals surface area contributed by atoms with Crippen LogP contribution in [0.15, 0.2) is 12.3 Å². The van der Waals surface area contributed by atoms with Crippen molar-refractivity contribution in [1.82, 2.24) is 4.98 Å². The summed E-state index contributed by atoms with van der Waals surface area (Å²) in [7, 11) is 0. The van der Waals surface area contributed by atoms with Gasteiger partial charge in [-0.15, -0.1) is 12.6 Å². The third-order valence-corrected chi connectivity index (χ3v) is 2.64. The summed E-state index contributed by atoms with van der Waals surface area (Å²) in [5, 5.41) is 8.53. The van der Waals surface area contributed by atoms with Crippen LogP contribution in [0.5, 0.6) is 0 Å². The van der Waals surface area contributed by atoms with Gasteiger partial charge in [0.25, 0.3) is 0 Å². The lowest BCUT2D eigenvalue weighted by molar-refractivity contribution is -0.137. The maximum Gasteiger partial charge on any atom is 0.417 e. The fraction of sp³-hybridized carbons (Fsp3) is 0.222. The van der Waals surface area contributed by atoms with Crippen LogP contribution in [0.4, 0.5) is 13.2 Å². The van der Waals surface area contributed by atoms with E-state index in [2.05, 4.69) is 29.8 Å². The highest BCUT2D eigenvalue weighted by atomic mass is 35.5. The first kappa shape index (κ1) is 14.2. The molecule has 0 aromatic carbocycles. The van der Waals surface area contributed by atoms with Gasteiger partial charge in [-0.25, -0.2) is 0 Å². The molecule has 1 heterocycles. The molecular formula is C9H4ClF3N2S2. The lowest BCUT2D eigenvalue weighted by atomic mass is 10.1. The monoisotopic (exact) mass is 296 g/mol. The van der Waals surface area contributed by atoms with E-state index in [0.717, 1.165) is 0 Å². The van der Waals surface area contributed by atoms with Crippen molar-refractivity contribution in [2.75, 3.05) is 0 Å². The standard InChI is InChI=1S/C9H4ClF3N2S2/c10-6-1-4(9(11,12)13)3-15-7(6)5(2-14)8(16)17/h1,3,5H,(H,16,17)/t5-/m1/s1. The Morgan fingerprint density at radius 1 is 1.59 bits per heavy atom. The summed E-state index contributed by atoms with van der Waals surface area (Å²) in [6.07, 6.45) is -3.92. The van der Waals surface area contributed by atoms with E-state index in [9.17, 15) is 13.2 Å². The van der Waals surface area contributed by atoms with Gasteiger partial charge < -0.3 is 0 Å². The predicted molar refractivity (Wildman–Crippen MR) is 64.2 cm³/mol. The van der Waals surface area contributed by atoms with E-state index in [0.29, 0.717) is 12.3 Å². The van der Waals surface area contributed by atoms with E-state index in [1.54, 1.807) is 6.07 Å². The van der Waals surface area contributed by atoms with Crippen molar-refractivity contribution >= 4 is 40.6 Å². The minimum atomic E-state index is -4.53. The second-order valence-electron chi connectivity index (χ2n) is 2.99. The fourth-order valence-electron chi connectivity index (χ4n) is 1.05. The van der Waals surface area contributed by atoms with Crippen molar-refractivity contribution in [1.29, 1.82) is 5.26 Å². The Hall–Kier alpha value is -0.840. The largest absolute Gasteiger partial charge is 0.417 e. The van der Waals surface area contributed by atoms with Crippen LogP contribution >= 0.6 is 36.4 Å². The summed E-state index contributed by atoms with van der Waals surface area (Å²) in [5.41, 5.74) is -1.00. The molecule has 0 amide bonds. The topological polar surface area (TPSA) is 36.7 Å². The van der Waals surface area contributed by atoms with Gasteiger partial charge in [-0.1, -0.05) is 23.8 Å². The average molecular weight is 297 g/mol. The van der Waals surface area contributed by atoms with Crippen LogP contribution in [-0.2, 0) is 6.18 Å². The second-order valence-corrected chi connectivity index (χ2v) is 4.62. The first-order valence-electron chi connectivity index (χ1n) is 4.12. The van der Waals surface area contributed by atoms with Crippen LogP contribution in [0.3, 0.4) is 0 Å². The average Bonchev–Trinajstić information content (AvgIpc) is 2.19. The molecule has 17 heavy (non-hydrogen) atoms. The van der Waals surface area contributed by atoms with Crippen LogP contribution in [0.2, 0.25) is 5.02 Å². The summed E-state index contributed by atoms with van der Waals surface area (Å²) in [6.45, 7) is 0. The van der Waals surface area contributed by atoms with Crippen LogP contribution in [0.25, 0.3) is 0 Å². The quantitative estimate of drug-likeness (QED) is 0.669. The van der Waals surface area contributed by atoms with Crippen molar-refractivity contribution in [3.05, 3.63) is 28.5 Å². The number of thiol groups is 1. The summed E-state index contributed by atoms with van der Waals surface area (Å²) >= 11 is 14.1. The number of rotatable bonds is 2. The van der Waals surface area contributed by atoms with Gasteiger partial charge in [0.1, 0.15) is 5.92 Å². The Kier molecular flexibility index (Phi) is 4.36. The molecule has 0 N–H and O–H groups in total. The number of pyridine rings is 1. The summed E-state index contributed by atoms with van der Waals surface area (Å²) < 4.78 is 37.0. The van der Waals surface area contributed by atoms with E-state index < -0.39 is 17.7 Å². The molecule has 0 unspecified atom stereocenters.